The summed E-state index contributed by atoms with van der Waals surface area (Å²) in [6.07, 6.45) is 0. The molecule has 0 aromatic heterocycles. The van der Waals surface area contributed by atoms with E-state index in [-0.39, 0.29) is 23.9 Å². The van der Waals surface area contributed by atoms with Crippen LogP contribution in [0.4, 0.5) is 0 Å². The molecule has 2 radical (unpaired) electrons. The van der Waals surface area contributed by atoms with Crippen molar-refractivity contribution in [2.75, 3.05) is 0 Å². The van der Waals surface area contributed by atoms with E-state index in [1.807, 2.05) is 0 Å². The van der Waals surface area contributed by atoms with E-state index in [4.69, 9.17) is 14.7 Å². The van der Waals surface area contributed by atoms with Crippen molar-refractivity contribution >= 4 is 31.6 Å². The van der Waals surface area contributed by atoms with E-state index < -0.39 is 7.74 Å². The third-order valence-electron chi connectivity index (χ3n) is 0.275. The van der Waals surface area contributed by atoms with Crippen LogP contribution in [0, 0.1) is 0 Å². The van der Waals surface area contributed by atoms with Gasteiger partial charge >= 0.3 is 55.7 Å². The third kappa shape index (κ3) is 2.76. The van der Waals surface area contributed by atoms with Gasteiger partial charge in [0.1, 0.15) is 0 Å². The van der Waals surface area contributed by atoms with Crippen LogP contribution in [0.5, 0.6) is 0 Å². The maximum atomic E-state index is 7.89. The Morgan fingerprint density at radius 2 is 1.14 bits per heavy atom. The molecule has 0 saturated carbocycles. The first-order chi connectivity index (χ1) is 2.47. The summed E-state index contributed by atoms with van der Waals surface area (Å²) in [5.41, 5.74) is 0. The Morgan fingerprint density at radius 1 is 1.00 bits per heavy atom. The summed E-state index contributed by atoms with van der Waals surface area (Å²) in [6, 6.07) is 0. The zero-order valence-corrected chi connectivity index (χ0v) is 8.24. The quantitative estimate of drug-likeness (QED) is 0.198. The van der Waals surface area contributed by atoms with Gasteiger partial charge in [0.05, 0.1) is 0 Å². The minimum atomic E-state index is -4.80. The summed E-state index contributed by atoms with van der Waals surface area (Å²) in [5, 5.41) is 0. The van der Waals surface area contributed by atoms with Crippen LogP contribution in [0.1, 0.15) is 0 Å². The Balaban J connectivity index is 0.000000360. The van der Waals surface area contributed by atoms with E-state index >= 15 is 0 Å². The van der Waals surface area contributed by atoms with Gasteiger partial charge in [0.15, 0.2) is 0 Å². The predicted octanol–water partition coefficient (Wildman–Crippen LogP) is -1.86. The van der Waals surface area contributed by atoms with Crippen LogP contribution in [0.25, 0.3) is 0 Å². The molecule has 0 amide bonds. The van der Waals surface area contributed by atoms with E-state index in [1.165, 1.54) is 0 Å². The second kappa shape index (κ2) is 1.50. The van der Waals surface area contributed by atoms with Crippen LogP contribution < -0.4 is 0 Å². The fourth-order valence-electron chi connectivity index (χ4n) is 0.0447. The monoisotopic (exact) mass is 236 g/mol. The molecule has 0 aliphatic carbocycles. The molecule has 5 nitrogen and oxygen atoms in total. The molecule has 0 bridgehead atoms. The van der Waals surface area contributed by atoms with Crippen molar-refractivity contribution in [1.82, 2.24) is 0 Å². The van der Waals surface area contributed by atoms with Crippen LogP contribution in [0.3, 0.4) is 0 Å². The van der Waals surface area contributed by atoms with Gasteiger partial charge in [-0.3, -0.25) is 0 Å². The molecule has 0 aromatic rings. The third-order valence-corrected chi connectivity index (χ3v) is 0.824. The average molecular weight is 235 g/mol. The molecule has 1 fully saturated rings. The van der Waals surface area contributed by atoms with Crippen LogP contribution >= 0.6 is 7.74 Å². The zero-order valence-electron chi connectivity index (χ0n) is 3.31. The van der Waals surface area contributed by atoms with E-state index in [1.54, 1.807) is 0 Å². The molecule has 44 valence electrons. The Morgan fingerprint density at radius 3 is 1.14 bits per heavy atom. The summed E-state index contributed by atoms with van der Waals surface area (Å²) < 4.78 is 6.76. The second-order valence-electron chi connectivity index (χ2n) is 0.982. The minimum absolute atomic E-state index is 0. The van der Waals surface area contributed by atoms with Crippen molar-refractivity contribution in [1.29, 1.82) is 0 Å². The van der Waals surface area contributed by atoms with Crippen LogP contribution in [0.15, 0.2) is 0 Å². The summed E-state index contributed by atoms with van der Waals surface area (Å²) in [6.45, 7) is 0. The van der Waals surface area contributed by atoms with E-state index in [0.29, 0.717) is 0 Å². The van der Waals surface area contributed by atoms with Gasteiger partial charge in [-0.25, -0.2) is 0 Å². The molecule has 7 heteroatoms. The van der Waals surface area contributed by atoms with E-state index in [0.717, 1.165) is 0 Å². The van der Waals surface area contributed by atoms with Gasteiger partial charge in [0.2, 0.25) is 0 Å². The van der Waals surface area contributed by atoms with Gasteiger partial charge in [-0.2, -0.15) is 0 Å². The molecule has 1 rings (SSSR count). The summed E-state index contributed by atoms with van der Waals surface area (Å²) in [7, 11) is -4.80. The summed E-state index contributed by atoms with van der Waals surface area (Å²) >= 11 is 0. The first kappa shape index (κ1) is 8.03. The Labute approximate surface area is 56.1 Å². The summed E-state index contributed by atoms with van der Waals surface area (Å²) in [4.78, 5) is 23.7. The molecular weight excluding hydrogens is 230 g/mol. The second-order valence-corrected chi connectivity index (χ2v) is 2.95. The molecule has 1 aliphatic heterocycles. The van der Waals surface area contributed by atoms with Crippen molar-refractivity contribution in [2.45, 2.75) is 0 Å². The standard InChI is InChI=1S/H3O5P.Sn.2H/c1-6(2,3)4-5-6;;;/h1-3H;;;. The van der Waals surface area contributed by atoms with Crippen LogP contribution in [-0.2, 0) is 9.35 Å². The Kier molecular flexibility index (Phi) is 1.73. The van der Waals surface area contributed by atoms with Gasteiger partial charge in [-0.1, -0.05) is 0 Å². The molecule has 0 atom stereocenters. The van der Waals surface area contributed by atoms with Crippen molar-refractivity contribution in [3.8, 4) is 0 Å². The molecule has 1 heterocycles. The fraction of sp³-hybridized carbons (Fsp3) is 0. The van der Waals surface area contributed by atoms with Gasteiger partial charge in [0, 0.05) is 0 Å². The molecule has 0 aromatic carbocycles. The topological polar surface area (TPSA) is 85.8 Å². The van der Waals surface area contributed by atoms with Crippen molar-refractivity contribution in [2.24, 2.45) is 0 Å². The Bertz CT molecular complexity index is 71.8. The number of hydrogen-bond acceptors (Lipinski definition) is 5. The summed E-state index contributed by atoms with van der Waals surface area (Å²) in [5.74, 6) is 0. The molecule has 0 unspecified atom stereocenters. The van der Waals surface area contributed by atoms with Crippen molar-refractivity contribution < 1.29 is 24.0 Å². The predicted molar refractivity (Wildman–Crippen MR) is 24.3 cm³/mol. The first-order valence-corrected chi connectivity index (χ1v) is 3.06. The maximum absolute atomic E-state index is 7.89. The van der Waals surface area contributed by atoms with Gasteiger partial charge in [0.25, 0.3) is 0 Å². The Hall–Kier alpha value is 1.03. The molecule has 7 heavy (non-hydrogen) atoms. The average Bonchev–Trinajstić information content (AvgIpc) is 1.73. The van der Waals surface area contributed by atoms with E-state index in [9.17, 15) is 0 Å². The fourth-order valence-corrected chi connectivity index (χ4v) is 0.402. The first-order valence-electron chi connectivity index (χ1n) is 1.13. The SMILES string of the molecule is OP1(O)(O)OO1.[SnH2]. The number of hydrogen-bond donors (Lipinski definition) is 3. The molecular formula is H5O5PSn. The molecule has 1 saturated heterocycles. The molecule has 3 N–H and O–H groups in total. The zero-order chi connectivity index (χ0) is 4.86. The van der Waals surface area contributed by atoms with Crippen LogP contribution in [0.2, 0.25) is 0 Å². The normalized spacial score (nSPS) is 36.7. The van der Waals surface area contributed by atoms with E-state index in [2.05, 4.69) is 9.35 Å². The molecule has 0 spiro atoms. The number of rotatable bonds is 0. The van der Waals surface area contributed by atoms with Crippen LogP contribution in [-0.4, -0.2) is 38.6 Å². The van der Waals surface area contributed by atoms with Crippen molar-refractivity contribution in [3.05, 3.63) is 0 Å². The van der Waals surface area contributed by atoms with Gasteiger partial charge in [-0.05, 0) is 0 Å². The van der Waals surface area contributed by atoms with Crippen molar-refractivity contribution in [3.63, 3.8) is 0 Å². The molecule has 1 aliphatic rings. The van der Waals surface area contributed by atoms with Gasteiger partial charge < -0.3 is 0 Å². The van der Waals surface area contributed by atoms with Gasteiger partial charge in [-0.15, -0.1) is 0 Å².